The van der Waals surface area contributed by atoms with Gasteiger partial charge in [0.2, 0.25) is 5.91 Å². The number of hydrogen-bond acceptors (Lipinski definition) is 7. The van der Waals surface area contributed by atoms with Crippen molar-refractivity contribution in [2.75, 3.05) is 31.1 Å². The summed E-state index contributed by atoms with van der Waals surface area (Å²) in [4.78, 5) is 25.1. The summed E-state index contributed by atoms with van der Waals surface area (Å²) < 4.78 is 1.66. The number of aryl methyl sites for hydroxylation is 1. The van der Waals surface area contributed by atoms with Crippen LogP contribution in [0, 0.1) is 6.92 Å². The van der Waals surface area contributed by atoms with Crippen molar-refractivity contribution < 1.29 is 4.79 Å². The van der Waals surface area contributed by atoms with E-state index in [-0.39, 0.29) is 5.91 Å². The third-order valence-corrected chi connectivity index (χ3v) is 4.67. The molecule has 1 aromatic carbocycles. The molecular formula is C18H20N8O. The number of benzene rings is 1. The summed E-state index contributed by atoms with van der Waals surface area (Å²) in [5, 5.41) is 11.5. The third kappa shape index (κ3) is 3.76. The zero-order chi connectivity index (χ0) is 18.6. The van der Waals surface area contributed by atoms with E-state index in [0.717, 1.165) is 36.0 Å². The highest BCUT2D eigenvalue weighted by Gasteiger charge is 2.22. The maximum atomic E-state index is 12.6. The van der Waals surface area contributed by atoms with Crippen LogP contribution in [-0.2, 0) is 11.2 Å². The first kappa shape index (κ1) is 17.1. The van der Waals surface area contributed by atoms with E-state index < -0.39 is 0 Å². The van der Waals surface area contributed by atoms with Gasteiger partial charge in [0.15, 0.2) is 5.82 Å². The van der Waals surface area contributed by atoms with Gasteiger partial charge < -0.3 is 9.80 Å². The smallest absolute Gasteiger partial charge is 0.227 e. The Morgan fingerprint density at radius 2 is 1.85 bits per heavy atom. The lowest BCUT2D eigenvalue weighted by molar-refractivity contribution is -0.130. The average molecular weight is 364 g/mol. The number of anilines is 1. The zero-order valence-electron chi connectivity index (χ0n) is 15.1. The largest absolute Gasteiger partial charge is 0.352 e. The fourth-order valence-corrected chi connectivity index (χ4v) is 3.15. The molecule has 1 aliphatic heterocycles. The fourth-order valence-electron chi connectivity index (χ4n) is 3.15. The van der Waals surface area contributed by atoms with Crippen LogP contribution < -0.4 is 4.90 Å². The number of rotatable bonds is 4. The fraction of sp³-hybridized carbons (Fsp3) is 0.333. The number of amides is 1. The number of piperazine rings is 1. The van der Waals surface area contributed by atoms with E-state index in [1.165, 1.54) is 0 Å². The number of aromatic nitrogens is 6. The minimum Gasteiger partial charge on any atom is -0.352 e. The van der Waals surface area contributed by atoms with Gasteiger partial charge in [-0.05, 0) is 35.0 Å². The average Bonchev–Trinajstić information content (AvgIpc) is 3.15. The lowest BCUT2D eigenvalue weighted by Crippen LogP contribution is -2.49. The number of hydrogen-bond donors (Lipinski definition) is 0. The van der Waals surface area contributed by atoms with Crippen LogP contribution in [0.5, 0.6) is 0 Å². The van der Waals surface area contributed by atoms with E-state index in [1.807, 2.05) is 36.1 Å². The van der Waals surface area contributed by atoms with Crippen LogP contribution in [-0.4, -0.2) is 67.2 Å². The normalized spacial score (nSPS) is 14.4. The summed E-state index contributed by atoms with van der Waals surface area (Å²) >= 11 is 0. The van der Waals surface area contributed by atoms with E-state index in [0.29, 0.717) is 19.5 Å². The molecule has 138 valence electrons. The monoisotopic (exact) mass is 364 g/mol. The summed E-state index contributed by atoms with van der Waals surface area (Å²) in [6, 6.07) is 7.75. The molecule has 9 heteroatoms. The van der Waals surface area contributed by atoms with E-state index in [2.05, 4.69) is 30.4 Å². The molecule has 27 heavy (non-hydrogen) atoms. The van der Waals surface area contributed by atoms with Gasteiger partial charge in [-0.3, -0.25) is 9.78 Å². The highest BCUT2D eigenvalue weighted by atomic mass is 16.2. The first-order chi connectivity index (χ1) is 13.2. The van der Waals surface area contributed by atoms with Crippen molar-refractivity contribution in [3.8, 4) is 5.69 Å². The van der Waals surface area contributed by atoms with Gasteiger partial charge >= 0.3 is 0 Å². The molecule has 0 saturated carbocycles. The van der Waals surface area contributed by atoms with Crippen LogP contribution in [0.25, 0.3) is 5.69 Å². The van der Waals surface area contributed by atoms with Gasteiger partial charge in [-0.1, -0.05) is 12.1 Å². The Balaban J connectivity index is 1.34. The van der Waals surface area contributed by atoms with Gasteiger partial charge in [-0.15, -0.1) is 5.10 Å². The summed E-state index contributed by atoms with van der Waals surface area (Å²) in [5.74, 6) is 1.72. The molecule has 0 N–H and O–H groups in total. The van der Waals surface area contributed by atoms with Gasteiger partial charge in [0, 0.05) is 38.6 Å². The Kier molecular flexibility index (Phi) is 4.73. The Bertz CT molecular complexity index is 901. The molecule has 1 saturated heterocycles. The SMILES string of the molecule is Cc1nnnn1-c1ccc(CC(=O)N2CCN(c3cnccn3)CC2)cc1. The molecular weight excluding hydrogens is 344 g/mol. The Morgan fingerprint density at radius 1 is 1.07 bits per heavy atom. The molecule has 1 fully saturated rings. The lowest BCUT2D eigenvalue weighted by Gasteiger charge is -2.35. The summed E-state index contributed by atoms with van der Waals surface area (Å²) in [5.41, 5.74) is 1.86. The molecule has 2 aromatic heterocycles. The van der Waals surface area contributed by atoms with Crippen molar-refractivity contribution in [2.45, 2.75) is 13.3 Å². The summed E-state index contributed by atoms with van der Waals surface area (Å²) in [6.07, 6.45) is 5.49. The van der Waals surface area contributed by atoms with Crippen LogP contribution in [0.1, 0.15) is 11.4 Å². The number of tetrazole rings is 1. The van der Waals surface area contributed by atoms with Gasteiger partial charge in [0.25, 0.3) is 0 Å². The molecule has 1 amide bonds. The third-order valence-electron chi connectivity index (χ3n) is 4.67. The summed E-state index contributed by atoms with van der Waals surface area (Å²) in [7, 11) is 0. The van der Waals surface area contributed by atoms with Gasteiger partial charge in [0.05, 0.1) is 18.3 Å². The molecule has 0 atom stereocenters. The molecule has 4 rings (SSSR count). The Labute approximate surface area is 156 Å². The van der Waals surface area contributed by atoms with Crippen molar-refractivity contribution in [1.82, 2.24) is 35.1 Å². The molecule has 0 radical (unpaired) electrons. The second-order valence-electron chi connectivity index (χ2n) is 6.41. The van der Waals surface area contributed by atoms with Crippen LogP contribution in [0.15, 0.2) is 42.9 Å². The molecule has 1 aliphatic rings. The van der Waals surface area contributed by atoms with E-state index >= 15 is 0 Å². The van der Waals surface area contributed by atoms with Crippen molar-refractivity contribution in [3.63, 3.8) is 0 Å². The quantitative estimate of drug-likeness (QED) is 0.671. The predicted octanol–water partition coefficient (Wildman–Crippen LogP) is 0.652. The van der Waals surface area contributed by atoms with Crippen molar-refractivity contribution >= 4 is 11.7 Å². The first-order valence-corrected chi connectivity index (χ1v) is 8.84. The Hall–Kier alpha value is -3.36. The second-order valence-corrected chi connectivity index (χ2v) is 6.41. The van der Waals surface area contributed by atoms with Gasteiger partial charge in [0.1, 0.15) is 5.82 Å². The standard InChI is InChI=1S/C18H20N8O/c1-14-21-22-23-26(14)16-4-2-15(3-5-16)12-18(27)25-10-8-24(9-11-25)17-13-19-6-7-20-17/h2-7,13H,8-12H2,1H3. The summed E-state index contributed by atoms with van der Waals surface area (Å²) in [6.45, 7) is 4.76. The molecule has 9 nitrogen and oxygen atoms in total. The second kappa shape index (κ2) is 7.48. The lowest BCUT2D eigenvalue weighted by atomic mass is 10.1. The topological polar surface area (TPSA) is 92.9 Å². The highest BCUT2D eigenvalue weighted by Crippen LogP contribution is 2.14. The molecule has 0 spiro atoms. The van der Waals surface area contributed by atoms with Crippen LogP contribution >= 0.6 is 0 Å². The van der Waals surface area contributed by atoms with Crippen LogP contribution in [0.4, 0.5) is 5.82 Å². The molecule has 0 bridgehead atoms. The van der Waals surface area contributed by atoms with E-state index in [9.17, 15) is 4.79 Å². The van der Waals surface area contributed by atoms with Crippen molar-refractivity contribution in [1.29, 1.82) is 0 Å². The van der Waals surface area contributed by atoms with Crippen LogP contribution in [0.3, 0.4) is 0 Å². The Morgan fingerprint density at radius 3 is 2.48 bits per heavy atom. The van der Waals surface area contributed by atoms with Crippen molar-refractivity contribution in [2.24, 2.45) is 0 Å². The predicted molar refractivity (Wildman–Crippen MR) is 98.4 cm³/mol. The number of nitrogens with zero attached hydrogens (tertiary/aromatic N) is 8. The first-order valence-electron chi connectivity index (χ1n) is 8.84. The van der Waals surface area contributed by atoms with Crippen LogP contribution in [0.2, 0.25) is 0 Å². The molecule has 3 heterocycles. The highest BCUT2D eigenvalue weighted by molar-refractivity contribution is 5.79. The zero-order valence-corrected chi connectivity index (χ0v) is 15.1. The maximum Gasteiger partial charge on any atom is 0.227 e. The van der Waals surface area contributed by atoms with E-state index in [1.54, 1.807) is 23.3 Å². The minimum atomic E-state index is 0.139. The number of carbonyl (C=O) groups excluding carboxylic acids is 1. The molecule has 0 aliphatic carbocycles. The molecule has 3 aromatic rings. The van der Waals surface area contributed by atoms with Crippen molar-refractivity contribution in [3.05, 3.63) is 54.2 Å². The minimum absolute atomic E-state index is 0.139. The van der Waals surface area contributed by atoms with E-state index in [4.69, 9.17) is 0 Å². The van der Waals surface area contributed by atoms with Gasteiger partial charge in [-0.25, -0.2) is 4.98 Å². The maximum absolute atomic E-state index is 12.6. The molecule has 0 unspecified atom stereocenters. The number of carbonyl (C=O) groups is 1. The van der Waals surface area contributed by atoms with Gasteiger partial charge in [-0.2, -0.15) is 4.68 Å².